The summed E-state index contributed by atoms with van der Waals surface area (Å²) in [5, 5.41) is 2.61. The number of rotatable bonds is 4. The molecule has 0 fully saturated rings. The first-order valence-electron chi connectivity index (χ1n) is 6.74. The van der Waals surface area contributed by atoms with Crippen molar-refractivity contribution in [3.63, 3.8) is 0 Å². The van der Waals surface area contributed by atoms with Gasteiger partial charge in [0.25, 0.3) is 0 Å². The smallest absolute Gasteiger partial charge is 0.412 e. The van der Waals surface area contributed by atoms with Crippen LogP contribution in [0.3, 0.4) is 0 Å². The standard InChI is InChI=1S/C16H15BrN2O4/c1-10-14(12(17)8-13(18-10)15(20)22-2)19-16(21)23-9-11-6-4-3-5-7-11/h3-8H,9H2,1-2H3,(H,19,21). The van der Waals surface area contributed by atoms with Gasteiger partial charge >= 0.3 is 12.1 Å². The zero-order valence-corrected chi connectivity index (χ0v) is 14.2. The Kier molecular flexibility index (Phi) is 5.70. The molecule has 0 saturated heterocycles. The maximum Gasteiger partial charge on any atom is 0.412 e. The summed E-state index contributed by atoms with van der Waals surface area (Å²) in [6, 6.07) is 10.8. The summed E-state index contributed by atoms with van der Waals surface area (Å²) in [5.74, 6) is -0.549. The number of aromatic nitrogens is 1. The maximum absolute atomic E-state index is 11.9. The normalized spacial score (nSPS) is 10.0. The van der Waals surface area contributed by atoms with E-state index in [9.17, 15) is 9.59 Å². The predicted octanol–water partition coefficient (Wildman–Crippen LogP) is 3.69. The highest BCUT2D eigenvalue weighted by Crippen LogP contribution is 2.26. The fourth-order valence-electron chi connectivity index (χ4n) is 1.85. The summed E-state index contributed by atoms with van der Waals surface area (Å²) in [4.78, 5) is 27.5. The number of nitrogens with zero attached hydrogens (tertiary/aromatic N) is 1. The molecule has 7 heteroatoms. The Morgan fingerprint density at radius 2 is 1.96 bits per heavy atom. The first kappa shape index (κ1) is 17.0. The Hall–Kier alpha value is -2.41. The molecule has 0 aliphatic carbocycles. The molecule has 6 nitrogen and oxygen atoms in total. The Balaban J connectivity index is 2.04. The van der Waals surface area contributed by atoms with Crippen molar-refractivity contribution in [3.8, 4) is 0 Å². The second kappa shape index (κ2) is 7.73. The number of hydrogen-bond acceptors (Lipinski definition) is 5. The zero-order valence-electron chi connectivity index (χ0n) is 12.6. The monoisotopic (exact) mass is 378 g/mol. The van der Waals surface area contributed by atoms with Crippen molar-refractivity contribution in [2.75, 3.05) is 12.4 Å². The van der Waals surface area contributed by atoms with Crippen molar-refractivity contribution in [1.29, 1.82) is 0 Å². The van der Waals surface area contributed by atoms with Gasteiger partial charge in [0.05, 0.1) is 18.5 Å². The van der Waals surface area contributed by atoms with E-state index in [1.165, 1.54) is 13.2 Å². The van der Waals surface area contributed by atoms with E-state index in [0.29, 0.717) is 15.9 Å². The molecule has 0 aliphatic rings. The van der Waals surface area contributed by atoms with Gasteiger partial charge < -0.3 is 9.47 Å². The van der Waals surface area contributed by atoms with Gasteiger partial charge in [-0.15, -0.1) is 0 Å². The second-order valence-electron chi connectivity index (χ2n) is 4.63. The Bertz CT molecular complexity index is 696. The number of ether oxygens (including phenoxy) is 2. The minimum absolute atomic E-state index is 0.153. The van der Waals surface area contributed by atoms with E-state index in [0.717, 1.165) is 5.56 Å². The Morgan fingerprint density at radius 1 is 1.26 bits per heavy atom. The minimum atomic E-state index is -0.606. The third-order valence-corrected chi connectivity index (χ3v) is 3.61. The van der Waals surface area contributed by atoms with E-state index in [2.05, 4.69) is 31.0 Å². The van der Waals surface area contributed by atoms with Crippen LogP contribution < -0.4 is 5.32 Å². The van der Waals surface area contributed by atoms with E-state index < -0.39 is 12.1 Å². The van der Waals surface area contributed by atoms with Gasteiger partial charge in [0.15, 0.2) is 0 Å². The van der Waals surface area contributed by atoms with Crippen LogP contribution in [0.1, 0.15) is 21.7 Å². The molecule has 0 unspecified atom stereocenters. The lowest BCUT2D eigenvalue weighted by Gasteiger charge is -2.12. The third kappa shape index (κ3) is 4.53. The molecule has 1 N–H and O–H groups in total. The van der Waals surface area contributed by atoms with E-state index in [4.69, 9.17) is 4.74 Å². The van der Waals surface area contributed by atoms with Crippen molar-refractivity contribution in [1.82, 2.24) is 4.98 Å². The summed E-state index contributed by atoms with van der Waals surface area (Å²) in [6.07, 6.45) is -0.606. The van der Waals surface area contributed by atoms with Gasteiger partial charge in [0.1, 0.15) is 12.3 Å². The number of nitrogens with one attached hydrogen (secondary N) is 1. The van der Waals surface area contributed by atoms with Gasteiger partial charge in [-0.2, -0.15) is 0 Å². The molecule has 23 heavy (non-hydrogen) atoms. The fraction of sp³-hybridized carbons (Fsp3) is 0.188. The molecule has 1 amide bonds. The first-order chi connectivity index (χ1) is 11.0. The number of hydrogen-bond donors (Lipinski definition) is 1. The summed E-state index contributed by atoms with van der Waals surface area (Å²) >= 11 is 3.30. The van der Waals surface area contributed by atoms with Crippen LogP contribution >= 0.6 is 15.9 Å². The van der Waals surface area contributed by atoms with E-state index in [-0.39, 0.29) is 12.3 Å². The third-order valence-electron chi connectivity index (χ3n) is 2.99. The number of benzene rings is 1. The highest BCUT2D eigenvalue weighted by molar-refractivity contribution is 9.10. The minimum Gasteiger partial charge on any atom is -0.464 e. The molecule has 120 valence electrons. The number of esters is 1. The summed E-state index contributed by atoms with van der Waals surface area (Å²) in [7, 11) is 1.28. The number of anilines is 1. The Labute approximate surface area is 142 Å². The van der Waals surface area contributed by atoms with Crippen molar-refractivity contribution in [2.45, 2.75) is 13.5 Å². The largest absolute Gasteiger partial charge is 0.464 e. The van der Waals surface area contributed by atoms with Crippen molar-refractivity contribution < 1.29 is 19.1 Å². The van der Waals surface area contributed by atoms with Crippen LogP contribution in [0, 0.1) is 6.92 Å². The molecule has 0 saturated carbocycles. The van der Waals surface area contributed by atoms with Crippen molar-refractivity contribution in [3.05, 3.63) is 57.8 Å². The SMILES string of the molecule is COC(=O)c1cc(Br)c(NC(=O)OCc2ccccc2)c(C)n1. The quantitative estimate of drug-likeness (QED) is 0.820. The number of carbonyl (C=O) groups excluding carboxylic acids is 2. The van der Waals surface area contributed by atoms with Crippen LogP contribution in [-0.2, 0) is 16.1 Å². The van der Waals surface area contributed by atoms with Crippen LogP contribution in [0.4, 0.5) is 10.5 Å². The average Bonchev–Trinajstić information content (AvgIpc) is 2.56. The lowest BCUT2D eigenvalue weighted by Crippen LogP contribution is -2.16. The zero-order chi connectivity index (χ0) is 16.8. The van der Waals surface area contributed by atoms with Gasteiger partial charge in [-0.25, -0.2) is 14.6 Å². The molecule has 0 atom stereocenters. The maximum atomic E-state index is 11.9. The molecule has 0 aliphatic heterocycles. The van der Waals surface area contributed by atoms with Crippen LogP contribution in [0.5, 0.6) is 0 Å². The van der Waals surface area contributed by atoms with E-state index in [1.807, 2.05) is 30.3 Å². The lowest BCUT2D eigenvalue weighted by atomic mass is 10.2. The van der Waals surface area contributed by atoms with Gasteiger partial charge in [-0.1, -0.05) is 30.3 Å². The highest BCUT2D eigenvalue weighted by atomic mass is 79.9. The average molecular weight is 379 g/mol. The molecular weight excluding hydrogens is 364 g/mol. The van der Waals surface area contributed by atoms with E-state index in [1.54, 1.807) is 6.92 Å². The van der Waals surface area contributed by atoms with Crippen LogP contribution in [0.15, 0.2) is 40.9 Å². The molecule has 0 bridgehead atoms. The van der Waals surface area contributed by atoms with Gasteiger partial charge in [-0.3, -0.25) is 5.32 Å². The number of methoxy groups -OCH3 is 1. The lowest BCUT2D eigenvalue weighted by molar-refractivity contribution is 0.0593. The second-order valence-corrected chi connectivity index (χ2v) is 5.48. The van der Waals surface area contributed by atoms with E-state index >= 15 is 0 Å². The summed E-state index contributed by atoms with van der Waals surface area (Å²) in [6.45, 7) is 1.83. The summed E-state index contributed by atoms with van der Waals surface area (Å²) < 4.78 is 10.3. The first-order valence-corrected chi connectivity index (χ1v) is 7.53. The number of aryl methyl sites for hydroxylation is 1. The van der Waals surface area contributed by atoms with Crippen LogP contribution in [0.25, 0.3) is 0 Å². The number of carbonyl (C=O) groups is 2. The highest BCUT2D eigenvalue weighted by Gasteiger charge is 2.16. The molecule has 1 heterocycles. The number of halogens is 1. The predicted molar refractivity (Wildman–Crippen MR) is 88.3 cm³/mol. The van der Waals surface area contributed by atoms with Crippen LogP contribution in [-0.4, -0.2) is 24.2 Å². The molecule has 2 rings (SSSR count). The topological polar surface area (TPSA) is 77.5 Å². The summed E-state index contributed by atoms with van der Waals surface area (Å²) in [5.41, 5.74) is 1.95. The molecule has 0 spiro atoms. The molecule has 1 aromatic carbocycles. The molecule has 2 aromatic rings. The molecule has 0 radical (unpaired) electrons. The van der Waals surface area contributed by atoms with Gasteiger partial charge in [0, 0.05) is 4.47 Å². The van der Waals surface area contributed by atoms with Crippen LogP contribution in [0.2, 0.25) is 0 Å². The molecule has 1 aromatic heterocycles. The number of amides is 1. The molecular formula is C16H15BrN2O4. The van der Waals surface area contributed by atoms with Gasteiger partial charge in [-0.05, 0) is 34.5 Å². The Morgan fingerprint density at radius 3 is 2.57 bits per heavy atom. The van der Waals surface area contributed by atoms with Gasteiger partial charge in [0.2, 0.25) is 0 Å². The van der Waals surface area contributed by atoms with Crippen molar-refractivity contribution in [2.24, 2.45) is 0 Å². The fourth-order valence-corrected chi connectivity index (χ4v) is 2.46. The number of pyridine rings is 1. The van der Waals surface area contributed by atoms with Crippen molar-refractivity contribution >= 4 is 33.7 Å².